The Morgan fingerprint density at radius 3 is 1.58 bits per heavy atom. The highest BCUT2D eigenvalue weighted by Crippen LogP contribution is 2.46. The topological polar surface area (TPSA) is 43.4 Å². The van der Waals surface area contributed by atoms with Crippen molar-refractivity contribution in [3.63, 3.8) is 0 Å². The summed E-state index contributed by atoms with van der Waals surface area (Å²) >= 11 is 0. The van der Waals surface area contributed by atoms with Gasteiger partial charge in [0.05, 0.1) is 6.61 Å². The van der Waals surface area contributed by atoms with Crippen LogP contribution in [-0.4, -0.2) is 23.7 Å². The van der Waals surface area contributed by atoms with Crippen LogP contribution in [0.5, 0.6) is 0 Å². The summed E-state index contributed by atoms with van der Waals surface area (Å²) in [6.07, 6.45) is 0. The second-order valence-electron chi connectivity index (χ2n) is 8.14. The monoisotopic (exact) mass is 490 g/mol. The van der Waals surface area contributed by atoms with Gasteiger partial charge in [-0.2, -0.15) is 0 Å². The molecule has 4 aromatic rings. The number of esters is 1. The number of hydrogen-bond acceptors (Lipinski definition) is 3. The molecule has 36 heavy (non-hydrogen) atoms. The Bertz CT molecular complexity index is 1370. The molecule has 0 heterocycles. The van der Waals surface area contributed by atoms with Gasteiger partial charge in [0, 0.05) is 5.56 Å². The van der Waals surface area contributed by atoms with Crippen molar-refractivity contribution >= 4 is 39.8 Å². The van der Waals surface area contributed by atoms with Gasteiger partial charge in [0.1, 0.15) is 5.29 Å². The van der Waals surface area contributed by atoms with Crippen LogP contribution in [0.1, 0.15) is 18.1 Å². The van der Waals surface area contributed by atoms with E-state index < -0.39 is 18.6 Å². The number of benzene rings is 4. The molecule has 0 aliphatic carbocycles. The Morgan fingerprint density at radius 2 is 1.14 bits per heavy atom. The molecule has 0 fully saturated rings. The zero-order valence-corrected chi connectivity index (χ0v) is 21.2. The summed E-state index contributed by atoms with van der Waals surface area (Å²) < 4.78 is 5.53. The number of carbonyl (C=O) groups excluding carboxylic acids is 2. The molecule has 0 aliphatic rings. The predicted octanol–water partition coefficient (Wildman–Crippen LogP) is 4.65. The molecule has 178 valence electrons. The molecule has 0 aliphatic heterocycles. The van der Waals surface area contributed by atoms with E-state index in [0.717, 1.165) is 27.0 Å². The molecule has 0 saturated heterocycles. The molecule has 0 aromatic heterocycles. The fourth-order valence-electron chi connectivity index (χ4n) is 4.27. The molecule has 0 atom stereocenters. The van der Waals surface area contributed by atoms with Gasteiger partial charge in [-0.15, -0.1) is 0 Å². The molecule has 0 bridgehead atoms. The van der Waals surface area contributed by atoms with Crippen LogP contribution >= 0.6 is 6.89 Å². The first-order valence-corrected chi connectivity index (χ1v) is 13.6. The van der Waals surface area contributed by atoms with Gasteiger partial charge in [0.2, 0.25) is 5.78 Å². The van der Waals surface area contributed by atoms with Crippen LogP contribution in [0.3, 0.4) is 0 Å². The summed E-state index contributed by atoms with van der Waals surface area (Å²) in [5, 5.41) is 2.73. The first-order chi connectivity index (χ1) is 17.6. The zero-order valence-electron chi connectivity index (χ0n) is 20.3. The van der Waals surface area contributed by atoms with Crippen molar-refractivity contribution in [3.05, 3.63) is 126 Å². The maximum atomic E-state index is 14.0. The molecular weight excluding hydrogens is 463 g/mol. The summed E-state index contributed by atoms with van der Waals surface area (Å²) in [7, 11) is 0. The van der Waals surface area contributed by atoms with Crippen molar-refractivity contribution in [1.82, 2.24) is 0 Å². The van der Waals surface area contributed by atoms with E-state index in [9.17, 15) is 9.59 Å². The molecule has 4 rings (SSSR count). The van der Waals surface area contributed by atoms with Crippen LogP contribution in [0.4, 0.5) is 0 Å². The molecule has 0 radical (unpaired) electrons. The summed E-state index contributed by atoms with van der Waals surface area (Å²) in [5.74, 6) is 4.64. The first-order valence-electron chi connectivity index (χ1n) is 11.8. The fraction of sp³-hybridized carbons (Fsp3) is 0.0938. The highest BCUT2D eigenvalue weighted by molar-refractivity contribution is 7.97. The summed E-state index contributed by atoms with van der Waals surface area (Å²) in [4.78, 5) is 27.7. The number of ketones is 1. The smallest absolute Gasteiger partial charge is 0.343 e. The average Bonchev–Trinajstić information content (AvgIpc) is 2.92. The Labute approximate surface area is 212 Å². The van der Waals surface area contributed by atoms with Crippen LogP contribution in [-0.2, 0) is 14.3 Å². The van der Waals surface area contributed by atoms with E-state index in [4.69, 9.17) is 4.74 Å². The van der Waals surface area contributed by atoms with Crippen molar-refractivity contribution in [1.29, 1.82) is 0 Å². The van der Waals surface area contributed by atoms with Gasteiger partial charge in [-0.05, 0) is 54.2 Å². The maximum absolute atomic E-state index is 14.0. The molecule has 0 spiro atoms. The van der Waals surface area contributed by atoms with Gasteiger partial charge in [0.15, 0.2) is 0 Å². The van der Waals surface area contributed by atoms with Crippen LogP contribution in [0.25, 0.3) is 0 Å². The lowest BCUT2D eigenvalue weighted by Gasteiger charge is -2.30. The Morgan fingerprint density at radius 1 is 0.694 bits per heavy atom. The van der Waals surface area contributed by atoms with Gasteiger partial charge in [-0.1, -0.05) is 115 Å². The van der Waals surface area contributed by atoms with Crippen molar-refractivity contribution in [2.24, 2.45) is 0 Å². The number of ether oxygens (including phenoxy) is 1. The minimum atomic E-state index is -2.95. The molecule has 0 saturated carbocycles. The number of aryl methyl sites for hydroxylation is 1. The Hall–Kier alpha value is -4.12. The number of carbonyl (C=O) groups is 2. The van der Waals surface area contributed by atoms with Crippen LogP contribution in [0.2, 0.25) is 0 Å². The van der Waals surface area contributed by atoms with E-state index in [2.05, 4.69) is 11.8 Å². The number of Topliss-reactive ketones (excluding diaryl/α,β-unsaturated/α-hetero) is 1. The van der Waals surface area contributed by atoms with Gasteiger partial charge >= 0.3 is 5.97 Å². The molecule has 3 nitrogen and oxygen atoms in total. The van der Waals surface area contributed by atoms with Crippen LogP contribution in [0, 0.1) is 18.8 Å². The van der Waals surface area contributed by atoms with Gasteiger partial charge in [-0.25, -0.2) is 4.79 Å². The second-order valence-corrected chi connectivity index (χ2v) is 11.5. The van der Waals surface area contributed by atoms with Crippen molar-refractivity contribution in [2.75, 3.05) is 6.61 Å². The normalized spacial score (nSPS) is 10.6. The molecule has 4 aromatic carbocycles. The summed E-state index contributed by atoms with van der Waals surface area (Å²) in [5.41, 5.74) is 1.71. The standard InChI is InChI=1S/C32H27O3P/c1-3-35-32(34)31(30(33)24-23-26-16-14-13-15-25(26)2)36(27-17-7-4-8-18-27,28-19-9-5-10-20-28)29-21-11-6-12-22-29/h4-22H,3H2,1-2H3. The minimum Gasteiger partial charge on any atom is -0.462 e. The highest BCUT2D eigenvalue weighted by atomic mass is 31.2. The van der Waals surface area contributed by atoms with E-state index in [1.54, 1.807) is 6.92 Å². The third kappa shape index (κ3) is 4.96. The molecule has 4 heteroatoms. The fourth-order valence-corrected chi connectivity index (χ4v) is 8.49. The lowest BCUT2D eigenvalue weighted by molar-refractivity contribution is -0.135. The van der Waals surface area contributed by atoms with E-state index in [0.29, 0.717) is 0 Å². The van der Waals surface area contributed by atoms with Gasteiger partial charge < -0.3 is 4.74 Å². The van der Waals surface area contributed by atoms with Crippen LogP contribution in [0.15, 0.2) is 115 Å². The van der Waals surface area contributed by atoms with Crippen molar-refractivity contribution in [3.8, 4) is 11.8 Å². The molecule has 0 N–H and O–H groups in total. The van der Waals surface area contributed by atoms with Gasteiger partial charge in [-0.3, -0.25) is 4.79 Å². The Balaban J connectivity index is 2.17. The Kier molecular flexibility index (Phi) is 8.01. The number of rotatable bonds is 6. The second kappa shape index (κ2) is 11.5. The largest absolute Gasteiger partial charge is 0.462 e. The molecule has 0 unspecified atom stereocenters. The lowest BCUT2D eigenvalue weighted by Crippen LogP contribution is -2.38. The quantitative estimate of drug-likeness (QED) is 0.171. The van der Waals surface area contributed by atoms with E-state index in [1.807, 2.05) is 122 Å². The van der Waals surface area contributed by atoms with Crippen LogP contribution < -0.4 is 15.9 Å². The van der Waals surface area contributed by atoms with E-state index in [-0.39, 0.29) is 11.9 Å². The van der Waals surface area contributed by atoms with Crippen molar-refractivity contribution < 1.29 is 14.3 Å². The predicted molar refractivity (Wildman–Crippen MR) is 150 cm³/mol. The SMILES string of the molecule is CCOC(=O)C(C(=O)C#Cc1ccccc1C)=P(c1ccccc1)(c1ccccc1)c1ccccc1. The first kappa shape index (κ1) is 25.0. The highest BCUT2D eigenvalue weighted by Gasteiger charge is 2.37. The lowest BCUT2D eigenvalue weighted by atomic mass is 10.1. The summed E-state index contributed by atoms with van der Waals surface area (Å²) in [6.45, 7) is 0.890. The third-order valence-corrected chi connectivity index (χ3v) is 10.2. The maximum Gasteiger partial charge on any atom is 0.343 e. The van der Waals surface area contributed by atoms with Crippen molar-refractivity contribution in [2.45, 2.75) is 13.8 Å². The zero-order chi connectivity index (χ0) is 25.4. The van der Waals surface area contributed by atoms with E-state index in [1.165, 1.54) is 0 Å². The third-order valence-electron chi connectivity index (χ3n) is 5.91. The average molecular weight is 491 g/mol. The minimum absolute atomic E-state index is 0.0778. The van der Waals surface area contributed by atoms with E-state index >= 15 is 0 Å². The number of hydrogen-bond donors (Lipinski definition) is 0. The molecular formula is C32H27O3P. The summed E-state index contributed by atoms with van der Waals surface area (Å²) in [6, 6.07) is 36.9. The van der Waals surface area contributed by atoms with Gasteiger partial charge in [0.25, 0.3) is 0 Å². The molecule has 0 amide bonds.